The van der Waals surface area contributed by atoms with E-state index in [4.69, 9.17) is 0 Å². The Balaban J connectivity index is 2.35. The first-order valence-electron chi connectivity index (χ1n) is 6.27. The summed E-state index contributed by atoms with van der Waals surface area (Å²) >= 11 is 1.39. The van der Waals surface area contributed by atoms with Gasteiger partial charge in [-0.1, -0.05) is 25.1 Å². The van der Waals surface area contributed by atoms with Crippen LogP contribution in [0.2, 0.25) is 0 Å². The van der Waals surface area contributed by atoms with Crippen molar-refractivity contribution in [2.24, 2.45) is 0 Å². The largest absolute Gasteiger partial charge is 0.388 e. The number of aliphatic hydroxyl groups excluding tert-OH is 1. The minimum absolute atomic E-state index is 0.210. The molecule has 0 spiro atoms. The molecule has 0 saturated heterocycles. The summed E-state index contributed by atoms with van der Waals surface area (Å²) in [4.78, 5) is 12.4. The second kappa shape index (κ2) is 6.08. The van der Waals surface area contributed by atoms with Crippen LogP contribution in [0.25, 0.3) is 0 Å². The van der Waals surface area contributed by atoms with E-state index in [1.807, 2.05) is 38.1 Å². The van der Waals surface area contributed by atoms with Gasteiger partial charge in [-0.05, 0) is 36.7 Å². The minimum Gasteiger partial charge on any atom is -0.388 e. The van der Waals surface area contributed by atoms with E-state index in [2.05, 4.69) is 10.2 Å². The lowest BCUT2D eigenvalue weighted by Gasteiger charge is -2.13. The molecule has 0 radical (unpaired) electrons. The molecule has 0 aliphatic rings. The van der Waals surface area contributed by atoms with E-state index in [1.54, 1.807) is 4.57 Å². The van der Waals surface area contributed by atoms with Crippen LogP contribution >= 0.6 is 11.8 Å². The van der Waals surface area contributed by atoms with Gasteiger partial charge in [0.1, 0.15) is 0 Å². The molecule has 6 heteroatoms. The third-order valence-corrected chi connectivity index (χ3v) is 3.99. The van der Waals surface area contributed by atoms with E-state index in [0.717, 1.165) is 10.5 Å². The lowest BCUT2D eigenvalue weighted by molar-refractivity contribution is 0.171. The number of rotatable bonds is 5. The predicted octanol–water partition coefficient (Wildman–Crippen LogP) is 2.19. The lowest BCUT2D eigenvalue weighted by Crippen LogP contribution is -2.16. The smallest absolute Gasteiger partial charge is 0.343 e. The highest BCUT2D eigenvalue weighted by molar-refractivity contribution is 7.99. The van der Waals surface area contributed by atoms with E-state index in [9.17, 15) is 9.90 Å². The van der Waals surface area contributed by atoms with Crippen LogP contribution in [0, 0.1) is 0 Å². The van der Waals surface area contributed by atoms with E-state index in [1.165, 1.54) is 11.8 Å². The number of benzene rings is 1. The second-order valence-electron chi connectivity index (χ2n) is 4.12. The maximum absolute atomic E-state index is 11.5. The van der Waals surface area contributed by atoms with Gasteiger partial charge in [-0.3, -0.25) is 4.57 Å². The second-order valence-corrected chi connectivity index (χ2v) is 5.13. The van der Waals surface area contributed by atoms with Crippen LogP contribution in [0.5, 0.6) is 0 Å². The molecule has 2 aromatic rings. The van der Waals surface area contributed by atoms with Crippen molar-refractivity contribution in [1.29, 1.82) is 0 Å². The molecule has 0 bridgehead atoms. The first-order valence-corrected chi connectivity index (χ1v) is 7.09. The monoisotopic (exact) mass is 279 g/mol. The zero-order valence-electron chi connectivity index (χ0n) is 11.0. The van der Waals surface area contributed by atoms with E-state index >= 15 is 0 Å². The van der Waals surface area contributed by atoms with Gasteiger partial charge >= 0.3 is 5.69 Å². The van der Waals surface area contributed by atoms with Gasteiger partial charge in [-0.15, -0.1) is 5.10 Å². The molecule has 1 unspecified atom stereocenters. The highest BCUT2D eigenvalue weighted by Crippen LogP contribution is 2.32. The molecule has 0 saturated carbocycles. The maximum atomic E-state index is 11.5. The van der Waals surface area contributed by atoms with Crippen molar-refractivity contribution in [3.05, 3.63) is 40.3 Å². The average Bonchev–Trinajstić information content (AvgIpc) is 2.79. The first kappa shape index (κ1) is 13.9. The molecular weight excluding hydrogens is 262 g/mol. The third-order valence-electron chi connectivity index (χ3n) is 2.91. The molecule has 1 atom stereocenters. The van der Waals surface area contributed by atoms with Gasteiger partial charge < -0.3 is 5.11 Å². The number of nitrogens with one attached hydrogen (secondary N) is 1. The van der Waals surface area contributed by atoms with Gasteiger partial charge in [0.25, 0.3) is 0 Å². The molecule has 5 nitrogen and oxygen atoms in total. The Labute approximate surface area is 115 Å². The van der Waals surface area contributed by atoms with E-state index < -0.39 is 6.10 Å². The topological polar surface area (TPSA) is 70.9 Å². The summed E-state index contributed by atoms with van der Waals surface area (Å²) in [6.45, 7) is 4.40. The van der Waals surface area contributed by atoms with Crippen molar-refractivity contribution >= 4 is 11.8 Å². The van der Waals surface area contributed by atoms with Crippen molar-refractivity contribution in [3.8, 4) is 0 Å². The van der Waals surface area contributed by atoms with Crippen LogP contribution < -0.4 is 5.69 Å². The number of aromatic amines is 1. The molecule has 2 N–H and O–H groups in total. The maximum Gasteiger partial charge on any atom is 0.343 e. The number of hydrogen-bond donors (Lipinski definition) is 2. The number of aliphatic hydroxyl groups is 1. The molecule has 0 aliphatic carbocycles. The Bertz CT molecular complexity index is 606. The van der Waals surface area contributed by atoms with Crippen LogP contribution in [-0.4, -0.2) is 19.9 Å². The number of hydrogen-bond acceptors (Lipinski definition) is 4. The fraction of sp³-hybridized carbons (Fsp3) is 0.385. The van der Waals surface area contributed by atoms with Gasteiger partial charge in [0.2, 0.25) is 0 Å². The number of aromatic nitrogens is 3. The fourth-order valence-electron chi connectivity index (χ4n) is 1.83. The Kier molecular flexibility index (Phi) is 4.44. The average molecular weight is 279 g/mol. The van der Waals surface area contributed by atoms with Gasteiger partial charge in [-0.2, -0.15) is 0 Å². The zero-order chi connectivity index (χ0) is 13.8. The highest BCUT2D eigenvalue weighted by atomic mass is 32.2. The van der Waals surface area contributed by atoms with Crippen LogP contribution in [0.15, 0.2) is 39.1 Å². The summed E-state index contributed by atoms with van der Waals surface area (Å²) in [5.41, 5.74) is 0.659. The van der Waals surface area contributed by atoms with Crippen molar-refractivity contribution in [2.75, 3.05) is 0 Å². The number of H-pyrrole nitrogens is 1. The minimum atomic E-state index is -0.496. The van der Waals surface area contributed by atoms with Gasteiger partial charge in [0.15, 0.2) is 5.16 Å². The molecule has 0 amide bonds. The van der Waals surface area contributed by atoms with E-state index in [-0.39, 0.29) is 5.69 Å². The molecule has 0 aliphatic heterocycles. The summed E-state index contributed by atoms with van der Waals surface area (Å²) in [6, 6.07) is 7.64. The lowest BCUT2D eigenvalue weighted by atomic mass is 10.1. The number of nitrogens with zero attached hydrogens (tertiary/aromatic N) is 2. The Morgan fingerprint density at radius 1 is 1.42 bits per heavy atom. The Morgan fingerprint density at radius 3 is 2.84 bits per heavy atom. The fourth-order valence-corrected chi connectivity index (χ4v) is 2.91. The summed E-state index contributed by atoms with van der Waals surface area (Å²) in [5.74, 6) is 0. The van der Waals surface area contributed by atoms with Crippen LogP contribution in [0.4, 0.5) is 0 Å². The Hall–Kier alpha value is -1.53. The third kappa shape index (κ3) is 2.90. The molecule has 1 aromatic heterocycles. The van der Waals surface area contributed by atoms with E-state index in [0.29, 0.717) is 18.1 Å². The van der Waals surface area contributed by atoms with Crippen LogP contribution in [0.1, 0.15) is 31.9 Å². The molecule has 19 heavy (non-hydrogen) atoms. The predicted molar refractivity (Wildman–Crippen MR) is 74.3 cm³/mol. The quantitative estimate of drug-likeness (QED) is 0.880. The normalized spacial score (nSPS) is 12.6. The van der Waals surface area contributed by atoms with Gasteiger partial charge in [-0.25, -0.2) is 9.89 Å². The highest BCUT2D eigenvalue weighted by Gasteiger charge is 2.14. The van der Waals surface area contributed by atoms with Crippen molar-refractivity contribution in [1.82, 2.24) is 14.8 Å². The standard InChI is InChI=1S/C13H17N3O2S/c1-3-10(17)9-7-5-6-8-11(9)19-13-15-14-12(18)16(13)4-2/h5-8,10,17H,3-4H2,1-2H3,(H,14,18). The van der Waals surface area contributed by atoms with Crippen molar-refractivity contribution < 1.29 is 5.11 Å². The molecule has 2 rings (SSSR count). The molecule has 0 fully saturated rings. The summed E-state index contributed by atoms with van der Waals surface area (Å²) < 4.78 is 1.57. The first-order chi connectivity index (χ1) is 9.17. The van der Waals surface area contributed by atoms with Crippen molar-refractivity contribution in [3.63, 3.8) is 0 Å². The summed E-state index contributed by atoms with van der Waals surface area (Å²) in [7, 11) is 0. The Morgan fingerprint density at radius 2 is 2.16 bits per heavy atom. The van der Waals surface area contributed by atoms with Gasteiger partial charge in [0.05, 0.1) is 6.10 Å². The molecule has 102 valence electrons. The van der Waals surface area contributed by atoms with Crippen LogP contribution in [0.3, 0.4) is 0 Å². The summed E-state index contributed by atoms with van der Waals surface area (Å²) in [5, 5.41) is 17.1. The molecule has 1 heterocycles. The van der Waals surface area contributed by atoms with Gasteiger partial charge in [0, 0.05) is 11.4 Å². The molecular formula is C13H17N3O2S. The summed E-state index contributed by atoms with van der Waals surface area (Å²) in [6.07, 6.45) is 0.156. The molecule has 1 aromatic carbocycles. The zero-order valence-corrected chi connectivity index (χ0v) is 11.8. The van der Waals surface area contributed by atoms with Crippen molar-refractivity contribution in [2.45, 2.75) is 43.0 Å². The SMILES string of the molecule is CCC(O)c1ccccc1Sc1n[nH]c(=O)n1CC. The van der Waals surface area contributed by atoms with Crippen LogP contribution in [-0.2, 0) is 6.54 Å².